The van der Waals surface area contributed by atoms with Gasteiger partial charge < -0.3 is 15.3 Å². The van der Waals surface area contributed by atoms with Crippen LogP contribution in [0.3, 0.4) is 0 Å². The molecule has 0 rings (SSSR count). The highest BCUT2D eigenvalue weighted by atomic mass is 16.4. The Morgan fingerprint density at radius 2 is 1.00 bits per heavy atom. The third-order valence-corrected chi connectivity index (χ3v) is 2.23. The van der Waals surface area contributed by atoms with Crippen LogP contribution in [-0.2, 0) is 0 Å². The van der Waals surface area contributed by atoms with Crippen LogP contribution in [0.25, 0.3) is 0 Å². The first-order valence-corrected chi connectivity index (χ1v) is 5.10. The Hall–Kier alpha value is -0.160. The highest BCUT2D eigenvalue weighted by Gasteiger charge is 2.30. The van der Waals surface area contributed by atoms with Gasteiger partial charge in [0.1, 0.15) is 18.7 Å². The molecule has 0 aliphatic heterocycles. The van der Waals surface area contributed by atoms with Crippen molar-refractivity contribution >= 4 is 0 Å². The fourth-order valence-electron chi connectivity index (χ4n) is 1.29. The van der Waals surface area contributed by atoms with E-state index in [0.717, 1.165) is 0 Å². The van der Waals surface area contributed by atoms with Gasteiger partial charge in [0.2, 0.25) is 0 Å². The third kappa shape index (κ3) is 3.53. The van der Waals surface area contributed by atoms with Gasteiger partial charge in [-0.3, -0.25) is 0 Å². The van der Waals surface area contributed by atoms with Crippen LogP contribution in [0.5, 0.6) is 0 Å². The molecule has 0 aliphatic rings. The van der Waals surface area contributed by atoms with Crippen LogP contribution >= 0.6 is 0 Å². The molecule has 3 N–H and O–H groups in total. The lowest BCUT2D eigenvalue weighted by molar-refractivity contribution is -0.197. The molecule has 0 heterocycles. The largest absolute Gasteiger partial charge is 0.379 e. The first kappa shape index (κ1) is 13.8. The van der Waals surface area contributed by atoms with Crippen molar-refractivity contribution in [3.05, 3.63) is 0 Å². The molecule has 0 bridgehead atoms. The van der Waals surface area contributed by atoms with Crippen molar-refractivity contribution in [2.45, 2.75) is 53.3 Å². The molecule has 0 aromatic heterocycles. The van der Waals surface area contributed by atoms with E-state index in [1.165, 1.54) is 11.8 Å². The second-order valence-corrected chi connectivity index (χ2v) is 4.39. The van der Waals surface area contributed by atoms with E-state index in [4.69, 9.17) is 0 Å². The minimum atomic E-state index is -0.857. The molecule has 0 radical (unpaired) electrons. The van der Waals surface area contributed by atoms with Crippen molar-refractivity contribution in [2.24, 2.45) is 11.8 Å². The first-order chi connectivity index (χ1) is 6.29. The van der Waals surface area contributed by atoms with Crippen molar-refractivity contribution in [1.29, 1.82) is 0 Å². The van der Waals surface area contributed by atoms with Crippen LogP contribution in [0, 0.1) is 11.8 Å². The molecule has 0 saturated heterocycles. The maximum atomic E-state index is 9.78. The van der Waals surface area contributed by atoms with Crippen LogP contribution in [0.15, 0.2) is 0 Å². The Bertz CT molecular complexity index is 145. The molecule has 0 aromatic rings. The van der Waals surface area contributed by atoms with Crippen LogP contribution in [-0.4, -0.2) is 38.9 Å². The smallest absolute Gasteiger partial charge is 0.113 e. The number of hydrogen-bond acceptors (Lipinski definition) is 4. The lowest BCUT2D eigenvalue weighted by Crippen LogP contribution is -2.52. The highest BCUT2D eigenvalue weighted by molar-refractivity contribution is 4.71. The highest BCUT2D eigenvalue weighted by Crippen LogP contribution is 2.17. The summed E-state index contributed by atoms with van der Waals surface area (Å²) in [6, 6.07) is 0. The Kier molecular flexibility index (Phi) is 5.59. The van der Waals surface area contributed by atoms with Gasteiger partial charge in [-0.15, -0.1) is 0 Å². The van der Waals surface area contributed by atoms with Gasteiger partial charge in [-0.2, -0.15) is 0 Å². The summed E-state index contributed by atoms with van der Waals surface area (Å²) >= 11 is 0. The van der Waals surface area contributed by atoms with E-state index < -0.39 is 18.7 Å². The average molecular weight is 205 g/mol. The van der Waals surface area contributed by atoms with Crippen molar-refractivity contribution < 1.29 is 15.3 Å². The molecule has 4 heteroatoms. The summed E-state index contributed by atoms with van der Waals surface area (Å²) in [5.41, 5.74) is 0. The normalized spacial score (nSPS) is 19.1. The zero-order valence-electron chi connectivity index (χ0n) is 9.68. The number of nitrogens with zero attached hydrogens (tertiary/aromatic N) is 1. The molecule has 4 nitrogen and oxygen atoms in total. The topological polar surface area (TPSA) is 63.9 Å². The Morgan fingerprint density at radius 1 is 0.714 bits per heavy atom. The second-order valence-electron chi connectivity index (χ2n) is 4.39. The van der Waals surface area contributed by atoms with Crippen LogP contribution in [0.1, 0.15) is 34.6 Å². The number of rotatable bonds is 5. The molecule has 3 unspecified atom stereocenters. The Morgan fingerprint density at radius 3 is 1.14 bits per heavy atom. The van der Waals surface area contributed by atoms with Gasteiger partial charge in [0.25, 0.3) is 0 Å². The number of aliphatic hydroxyl groups is 3. The molecule has 0 aliphatic carbocycles. The van der Waals surface area contributed by atoms with Gasteiger partial charge in [0.15, 0.2) is 0 Å². The second kappa shape index (κ2) is 5.66. The van der Waals surface area contributed by atoms with E-state index >= 15 is 0 Å². The van der Waals surface area contributed by atoms with E-state index in [1.807, 2.05) is 27.7 Å². The summed E-state index contributed by atoms with van der Waals surface area (Å²) < 4.78 is 0. The van der Waals surface area contributed by atoms with Crippen molar-refractivity contribution in [1.82, 2.24) is 4.90 Å². The first-order valence-electron chi connectivity index (χ1n) is 5.10. The predicted octanol–water partition coefficient (Wildman–Crippen LogP) is 0.575. The summed E-state index contributed by atoms with van der Waals surface area (Å²) in [6.45, 7) is 8.90. The predicted molar refractivity (Wildman–Crippen MR) is 55.2 cm³/mol. The standard InChI is InChI=1S/C10H23NO3/c1-6(2)9(13)11(8(5)12)10(14)7(3)4/h6-10,12-14H,1-5H3. The van der Waals surface area contributed by atoms with Crippen LogP contribution < -0.4 is 0 Å². The Labute approximate surface area is 86.2 Å². The number of aliphatic hydroxyl groups excluding tert-OH is 3. The van der Waals surface area contributed by atoms with Gasteiger partial charge >= 0.3 is 0 Å². The summed E-state index contributed by atoms with van der Waals surface area (Å²) in [7, 11) is 0. The third-order valence-electron chi connectivity index (χ3n) is 2.23. The zero-order valence-corrected chi connectivity index (χ0v) is 9.68. The summed E-state index contributed by atoms with van der Waals surface area (Å²) in [5, 5.41) is 29.0. The molecule has 0 saturated carbocycles. The maximum absolute atomic E-state index is 9.78. The van der Waals surface area contributed by atoms with E-state index in [-0.39, 0.29) is 11.8 Å². The summed E-state index contributed by atoms with van der Waals surface area (Å²) in [6.07, 6.45) is -2.51. The van der Waals surface area contributed by atoms with E-state index in [1.54, 1.807) is 0 Å². The maximum Gasteiger partial charge on any atom is 0.113 e. The molecule has 14 heavy (non-hydrogen) atoms. The van der Waals surface area contributed by atoms with E-state index in [9.17, 15) is 15.3 Å². The van der Waals surface area contributed by atoms with Crippen LogP contribution in [0.4, 0.5) is 0 Å². The van der Waals surface area contributed by atoms with Gasteiger partial charge in [-0.1, -0.05) is 27.7 Å². The van der Waals surface area contributed by atoms with Crippen LogP contribution in [0.2, 0.25) is 0 Å². The van der Waals surface area contributed by atoms with Gasteiger partial charge in [0, 0.05) is 0 Å². The minimum absolute atomic E-state index is 0.0296. The monoisotopic (exact) mass is 205 g/mol. The van der Waals surface area contributed by atoms with E-state index in [2.05, 4.69) is 0 Å². The van der Waals surface area contributed by atoms with Gasteiger partial charge in [-0.25, -0.2) is 4.90 Å². The lowest BCUT2D eigenvalue weighted by Gasteiger charge is -2.38. The molecular formula is C10H23NO3. The molecular weight excluding hydrogens is 182 g/mol. The molecule has 0 spiro atoms. The molecule has 86 valence electrons. The minimum Gasteiger partial charge on any atom is -0.379 e. The fourth-order valence-corrected chi connectivity index (χ4v) is 1.29. The lowest BCUT2D eigenvalue weighted by atomic mass is 10.1. The van der Waals surface area contributed by atoms with Crippen molar-refractivity contribution in [3.8, 4) is 0 Å². The molecule has 0 fully saturated rings. The molecule has 0 amide bonds. The Balaban J connectivity index is 4.59. The van der Waals surface area contributed by atoms with Gasteiger partial charge in [-0.05, 0) is 18.8 Å². The average Bonchev–Trinajstić information content (AvgIpc) is 2.03. The summed E-state index contributed by atoms with van der Waals surface area (Å²) in [5.74, 6) is -0.0593. The summed E-state index contributed by atoms with van der Waals surface area (Å²) in [4.78, 5) is 1.31. The quantitative estimate of drug-likeness (QED) is 0.574. The molecule has 3 atom stereocenters. The van der Waals surface area contributed by atoms with Gasteiger partial charge in [0.05, 0.1) is 0 Å². The zero-order chi connectivity index (χ0) is 11.5. The van der Waals surface area contributed by atoms with E-state index in [0.29, 0.717) is 0 Å². The fraction of sp³-hybridized carbons (Fsp3) is 1.00. The number of hydrogen-bond donors (Lipinski definition) is 3. The SMILES string of the molecule is CC(C)C(O)N(C(C)O)C(O)C(C)C. The molecule has 0 aromatic carbocycles. The van der Waals surface area contributed by atoms with Crippen molar-refractivity contribution in [3.63, 3.8) is 0 Å². The van der Waals surface area contributed by atoms with Crippen molar-refractivity contribution in [2.75, 3.05) is 0 Å².